The second-order valence-electron chi connectivity index (χ2n) is 5.97. The van der Waals surface area contributed by atoms with E-state index in [9.17, 15) is 0 Å². The quantitative estimate of drug-likeness (QED) is 0.665. The molecule has 1 atom stereocenters. The van der Waals surface area contributed by atoms with Gasteiger partial charge in [0.25, 0.3) is 0 Å². The van der Waals surface area contributed by atoms with Gasteiger partial charge in [0, 0.05) is 18.4 Å². The highest BCUT2D eigenvalue weighted by Crippen LogP contribution is 2.36. The topological polar surface area (TPSA) is 63.8 Å². The van der Waals surface area contributed by atoms with Gasteiger partial charge in [-0.15, -0.1) is 0 Å². The van der Waals surface area contributed by atoms with E-state index in [-0.39, 0.29) is 6.04 Å². The fourth-order valence-electron chi connectivity index (χ4n) is 3.30. The van der Waals surface area contributed by atoms with Gasteiger partial charge in [-0.2, -0.15) is 0 Å². The molecule has 3 rings (SSSR count). The zero-order chi connectivity index (χ0) is 13.9. The maximum Gasteiger partial charge on any atom is 0.0890 e. The number of aromatic nitrogens is 2. The third-order valence-electron chi connectivity index (χ3n) is 4.56. The summed E-state index contributed by atoms with van der Waals surface area (Å²) in [5, 5.41) is 0. The third kappa shape index (κ3) is 2.67. The number of nitrogens with one attached hydrogen (secondary N) is 1. The SMILES string of the molecule is CC1CCC(C(NN)c2ccc3nccnc3c2)CC1. The molecule has 1 fully saturated rings. The first-order chi connectivity index (χ1) is 9.78. The molecule has 2 aromatic rings. The van der Waals surface area contributed by atoms with Crippen LogP contribution in [0.25, 0.3) is 11.0 Å². The lowest BCUT2D eigenvalue weighted by atomic mass is 9.77. The van der Waals surface area contributed by atoms with Crippen LogP contribution in [0.15, 0.2) is 30.6 Å². The summed E-state index contributed by atoms with van der Waals surface area (Å²) < 4.78 is 0. The number of nitrogens with two attached hydrogens (primary N) is 1. The highest BCUT2D eigenvalue weighted by molar-refractivity contribution is 5.74. The van der Waals surface area contributed by atoms with Crippen LogP contribution in [0.1, 0.15) is 44.2 Å². The lowest BCUT2D eigenvalue weighted by Crippen LogP contribution is -2.35. The number of hydrazine groups is 1. The Hall–Kier alpha value is -1.52. The maximum absolute atomic E-state index is 5.83. The predicted octanol–water partition coefficient (Wildman–Crippen LogP) is 2.96. The van der Waals surface area contributed by atoms with E-state index in [2.05, 4.69) is 34.5 Å². The Kier molecular flexibility index (Phi) is 3.94. The van der Waals surface area contributed by atoms with Crippen LogP contribution in [-0.4, -0.2) is 9.97 Å². The number of hydrogen-bond acceptors (Lipinski definition) is 4. The van der Waals surface area contributed by atoms with Crippen LogP contribution >= 0.6 is 0 Å². The molecule has 4 heteroatoms. The van der Waals surface area contributed by atoms with Crippen molar-refractivity contribution in [1.82, 2.24) is 15.4 Å². The van der Waals surface area contributed by atoms with Crippen molar-refractivity contribution >= 4 is 11.0 Å². The number of benzene rings is 1. The second-order valence-corrected chi connectivity index (χ2v) is 5.97. The monoisotopic (exact) mass is 270 g/mol. The summed E-state index contributed by atoms with van der Waals surface area (Å²) >= 11 is 0. The Bertz CT molecular complexity index is 575. The van der Waals surface area contributed by atoms with Gasteiger partial charge in [-0.3, -0.25) is 21.2 Å². The molecule has 1 unspecified atom stereocenters. The van der Waals surface area contributed by atoms with Gasteiger partial charge < -0.3 is 0 Å². The van der Waals surface area contributed by atoms with Crippen molar-refractivity contribution in [3.8, 4) is 0 Å². The van der Waals surface area contributed by atoms with Gasteiger partial charge in [0.1, 0.15) is 0 Å². The average molecular weight is 270 g/mol. The summed E-state index contributed by atoms with van der Waals surface area (Å²) in [4.78, 5) is 8.70. The number of fused-ring (bicyclic) bond motifs is 1. The van der Waals surface area contributed by atoms with Gasteiger partial charge >= 0.3 is 0 Å². The van der Waals surface area contributed by atoms with Crippen molar-refractivity contribution in [1.29, 1.82) is 0 Å². The minimum absolute atomic E-state index is 0.217. The number of nitrogens with zero attached hydrogens (tertiary/aromatic N) is 2. The average Bonchev–Trinajstić information content (AvgIpc) is 2.50. The zero-order valence-corrected chi connectivity index (χ0v) is 11.9. The van der Waals surface area contributed by atoms with Crippen LogP contribution in [-0.2, 0) is 0 Å². The van der Waals surface area contributed by atoms with Crippen LogP contribution in [0.5, 0.6) is 0 Å². The Labute approximate surface area is 119 Å². The van der Waals surface area contributed by atoms with Crippen LogP contribution in [0.2, 0.25) is 0 Å². The molecule has 1 saturated carbocycles. The van der Waals surface area contributed by atoms with E-state index >= 15 is 0 Å². The summed E-state index contributed by atoms with van der Waals surface area (Å²) in [5.41, 5.74) is 6.12. The molecule has 1 aliphatic carbocycles. The fourth-order valence-corrected chi connectivity index (χ4v) is 3.30. The summed E-state index contributed by atoms with van der Waals surface area (Å²) in [6, 6.07) is 6.49. The summed E-state index contributed by atoms with van der Waals surface area (Å²) in [6.45, 7) is 2.34. The van der Waals surface area contributed by atoms with E-state index in [0.29, 0.717) is 5.92 Å². The Morgan fingerprint density at radius 3 is 2.50 bits per heavy atom. The Morgan fingerprint density at radius 2 is 1.80 bits per heavy atom. The molecule has 4 nitrogen and oxygen atoms in total. The molecule has 3 N–H and O–H groups in total. The van der Waals surface area contributed by atoms with Crippen LogP contribution in [0.3, 0.4) is 0 Å². The molecule has 0 saturated heterocycles. The first-order valence-electron chi connectivity index (χ1n) is 7.44. The van der Waals surface area contributed by atoms with E-state index in [1.165, 1.54) is 31.2 Å². The first kappa shape index (κ1) is 13.5. The van der Waals surface area contributed by atoms with Crippen molar-refractivity contribution in [2.45, 2.75) is 38.6 Å². The lowest BCUT2D eigenvalue weighted by molar-refractivity contribution is 0.232. The standard InChI is InChI=1S/C16H22N4/c1-11-2-4-12(5-3-11)16(20-17)13-6-7-14-15(10-13)19-9-8-18-14/h6-12,16,20H,2-5,17H2,1H3. The largest absolute Gasteiger partial charge is 0.271 e. The van der Waals surface area contributed by atoms with Gasteiger partial charge in [0.15, 0.2) is 0 Å². The lowest BCUT2D eigenvalue weighted by Gasteiger charge is -2.32. The summed E-state index contributed by atoms with van der Waals surface area (Å²) in [6.07, 6.45) is 8.55. The van der Waals surface area contributed by atoms with Gasteiger partial charge in [0.05, 0.1) is 11.0 Å². The predicted molar refractivity (Wildman–Crippen MR) is 80.7 cm³/mol. The molecular weight excluding hydrogens is 248 g/mol. The van der Waals surface area contributed by atoms with E-state index < -0.39 is 0 Å². The highest BCUT2D eigenvalue weighted by Gasteiger charge is 2.26. The van der Waals surface area contributed by atoms with E-state index in [1.807, 2.05) is 6.07 Å². The Morgan fingerprint density at radius 1 is 1.10 bits per heavy atom. The molecule has 1 aromatic carbocycles. The zero-order valence-electron chi connectivity index (χ0n) is 11.9. The normalized spacial score (nSPS) is 24.7. The first-order valence-corrected chi connectivity index (χ1v) is 7.44. The summed E-state index contributed by atoms with van der Waals surface area (Å²) in [5.74, 6) is 7.30. The van der Waals surface area contributed by atoms with Gasteiger partial charge in [-0.1, -0.05) is 25.8 Å². The molecule has 20 heavy (non-hydrogen) atoms. The Balaban J connectivity index is 1.87. The minimum atomic E-state index is 0.217. The van der Waals surface area contributed by atoms with Crippen molar-refractivity contribution in [3.05, 3.63) is 36.2 Å². The van der Waals surface area contributed by atoms with E-state index in [1.54, 1.807) is 12.4 Å². The molecule has 0 amide bonds. The van der Waals surface area contributed by atoms with Gasteiger partial charge in [0.2, 0.25) is 0 Å². The molecule has 0 radical (unpaired) electrons. The second kappa shape index (κ2) is 5.85. The van der Waals surface area contributed by atoms with Crippen molar-refractivity contribution in [2.75, 3.05) is 0 Å². The highest BCUT2D eigenvalue weighted by atomic mass is 15.2. The third-order valence-corrected chi connectivity index (χ3v) is 4.56. The molecule has 1 heterocycles. The minimum Gasteiger partial charge on any atom is -0.271 e. The van der Waals surface area contributed by atoms with Gasteiger partial charge in [-0.25, -0.2) is 0 Å². The van der Waals surface area contributed by atoms with Crippen molar-refractivity contribution < 1.29 is 0 Å². The maximum atomic E-state index is 5.83. The molecule has 1 aliphatic rings. The fraction of sp³-hybridized carbons (Fsp3) is 0.500. The van der Waals surface area contributed by atoms with Crippen LogP contribution < -0.4 is 11.3 Å². The van der Waals surface area contributed by atoms with Crippen molar-refractivity contribution in [3.63, 3.8) is 0 Å². The smallest absolute Gasteiger partial charge is 0.0890 e. The molecule has 106 valence electrons. The molecular formula is C16H22N4. The van der Waals surface area contributed by atoms with E-state index in [0.717, 1.165) is 17.0 Å². The molecule has 0 bridgehead atoms. The van der Waals surface area contributed by atoms with Crippen molar-refractivity contribution in [2.24, 2.45) is 17.7 Å². The van der Waals surface area contributed by atoms with Gasteiger partial charge in [-0.05, 0) is 42.4 Å². The van der Waals surface area contributed by atoms with Crippen LogP contribution in [0.4, 0.5) is 0 Å². The molecule has 1 aromatic heterocycles. The summed E-state index contributed by atoms with van der Waals surface area (Å²) in [7, 11) is 0. The van der Waals surface area contributed by atoms with E-state index in [4.69, 9.17) is 5.84 Å². The molecule has 0 aliphatic heterocycles. The number of hydrogen-bond donors (Lipinski definition) is 2. The van der Waals surface area contributed by atoms with Crippen LogP contribution in [0, 0.1) is 11.8 Å². The number of rotatable bonds is 3. The molecule has 0 spiro atoms.